The summed E-state index contributed by atoms with van der Waals surface area (Å²) in [6.07, 6.45) is -4.72. The van der Waals surface area contributed by atoms with Gasteiger partial charge in [-0.1, -0.05) is 0 Å². The molecule has 0 atom stereocenters. The number of halogens is 3. The minimum atomic E-state index is -4.72. The Morgan fingerprint density at radius 1 is 1.24 bits per heavy atom. The third-order valence-corrected chi connectivity index (χ3v) is 3.02. The van der Waals surface area contributed by atoms with E-state index < -0.39 is 6.36 Å². The molecule has 1 aromatic rings. The van der Waals surface area contributed by atoms with Gasteiger partial charge in [-0.3, -0.25) is 4.90 Å². The topological polar surface area (TPSA) is 58.1 Å². The summed E-state index contributed by atoms with van der Waals surface area (Å²) in [7, 11) is 0. The Morgan fingerprint density at radius 2 is 1.86 bits per heavy atom. The zero-order valence-electron chi connectivity index (χ0n) is 11.1. The Kier molecular flexibility index (Phi) is 4.95. The second-order valence-electron chi connectivity index (χ2n) is 4.51. The molecule has 0 amide bonds. The fourth-order valence-corrected chi connectivity index (χ4v) is 2.00. The van der Waals surface area contributed by atoms with Crippen molar-refractivity contribution in [1.82, 2.24) is 4.90 Å². The largest absolute Gasteiger partial charge is 0.573 e. The number of alkyl halides is 3. The van der Waals surface area contributed by atoms with Crippen LogP contribution in [0.15, 0.2) is 24.3 Å². The predicted octanol–water partition coefficient (Wildman–Crippen LogP) is 1.94. The second kappa shape index (κ2) is 6.71. The van der Waals surface area contributed by atoms with Crippen molar-refractivity contribution in [1.29, 1.82) is 0 Å². The summed E-state index contributed by atoms with van der Waals surface area (Å²) in [5, 5.41) is 0. The van der Waals surface area contributed by atoms with E-state index in [1.54, 1.807) is 0 Å². The Balaban J connectivity index is 2.03. The van der Waals surface area contributed by atoms with Crippen molar-refractivity contribution in [3.8, 4) is 5.75 Å². The van der Waals surface area contributed by atoms with Gasteiger partial charge in [-0.05, 0) is 24.3 Å². The van der Waals surface area contributed by atoms with Crippen molar-refractivity contribution in [2.24, 2.45) is 0 Å². The molecule has 0 N–H and O–H groups in total. The number of nitrogens with zero attached hydrogens (tertiary/aromatic N) is 3. The number of morpholine rings is 1. The van der Waals surface area contributed by atoms with E-state index in [9.17, 15) is 13.2 Å². The van der Waals surface area contributed by atoms with Gasteiger partial charge in [-0.25, -0.2) is 0 Å². The number of ether oxygens (including phenoxy) is 2. The highest BCUT2D eigenvalue weighted by Gasteiger charge is 2.31. The molecule has 21 heavy (non-hydrogen) atoms. The average molecular weight is 301 g/mol. The first kappa shape index (κ1) is 15.5. The van der Waals surface area contributed by atoms with Crippen LogP contribution in [0.4, 0.5) is 13.2 Å². The van der Waals surface area contributed by atoms with Gasteiger partial charge in [0.15, 0.2) is 0 Å². The molecule has 0 saturated carbocycles. The summed E-state index contributed by atoms with van der Waals surface area (Å²) in [4.78, 5) is 5.27. The van der Waals surface area contributed by atoms with Crippen LogP contribution in [0, 0.1) is 0 Å². The molecule has 0 aromatic heterocycles. The minimum Gasteiger partial charge on any atom is -0.406 e. The molecule has 1 aliphatic heterocycles. The lowest BCUT2D eigenvalue weighted by molar-refractivity contribution is -0.274. The minimum absolute atomic E-state index is 0.310. The lowest BCUT2D eigenvalue weighted by atomic mass is 10.1. The van der Waals surface area contributed by atoms with Crippen LogP contribution >= 0.6 is 0 Å². The van der Waals surface area contributed by atoms with Gasteiger partial charge in [0.25, 0.3) is 0 Å². The van der Waals surface area contributed by atoms with Gasteiger partial charge in [0, 0.05) is 13.1 Å². The Morgan fingerprint density at radius 3 is 2.38 bits per heavy atom. The number of rotatable bonds is 4. The van der Waals surface area contributed by atoms with Gasteiger partial charge >= 0.3 is 12.1 Å². The maximum Gasteiger partial charge on any atom is 0.573 e. The van der Waals surface area contributed by atoms with E-state index in [-0.39, 0.29) is 5.75 Å². The molecule has 1 fully saturated rings. The van der Waals surface area contributed by atoms with Crippen LogP contribution in [0.1, 0.15) is 5.56 Å². The summed E-state index contributed by atoms with van der Waals surface area (Å²) in [5.74, 6) is -0.310. The molecule has 0 radical (unpaired) electrons. The van der Waals surface area contributed by atoms with Crippen molar-refractivity contribution in [2.75, 3.05) is 32.8 Å². The molecule has 114 valence electrons. The first-order chi connectivity index (χ1) is 9.98. The molecule has 1 aromatic carbocycles. The predicted molar refractivity (Wildman–Crippen MR) is 68.1 cm³/mol. The van der Waals surface area contributed by atoms with Gasteiger partial charge in [0.05, 0.1) is 18.8 Å². The fraction of sp³-hybridized carbons (Fsp3) is 0.462. The third kappa shape index (κ3) is 4.86. The van der Waals surface area contributed by atoms with Crippen LogP contribution in [-0.2, 0) is 4.74 Å². The molecule has 1 heterocycles. The summed E-state index contributed by atoms with van der Waals surface area (Å²) in [6.45, 7) is 3.05. The van der Waals surface area contributed by atoms with Crippen molar-refractivity contribution in [3.63, 3.8) is 0 Å². The molecule has 2 rings (SSSR count). The summed E-state index contributed by atoms with van der Waals surface area (Å²) in [5.41, 5.74) is 10.0. The van der Waals surface area contributed by atoms with Gasteiger partial charge in [-0.2, -0.15) is 4.79 Å². The summed E-state index contributed by atoms with van der Waals surface area (Å²) >= 11 is 0. The summed E-state index contributed by atoms with van der Waals surface area (Å²) < 4.78 is 45.2. The smallest absolute Gasteiger partial charge is 0.406 e. The van der Waals surface area contributed by atoms with Crippen molar-refractivity contribution in [2.45, 2.75) is 6.36 Å². The Bertz CT molecular complexity index is 518. The van der Waals surface area contributed by atoms with E-state index in [4.69, 9.17) is 10.3 Å². The van der Waals surface area contributed by atoms with E-state index in [2.05, 4.69) is 9.53 Å². The van der Waals surface area contributed by atoms with E-state index >= 15 is 0 Å². The highest BCUT2D eigenvalue weighted by Crippen LogP contribution is 2.22. The van der Waals surface area contributed by atoms with E-state index in [1.165, 1.54) is 24.3 Å². The molecular weight excluding hydrogens is 287 g/mol. The van der Waals surface area contributed by atoms with Crippen LogP contribution in [0.25, 0.3) is 5.53 Å². The van der Waals surface area contributed by atoms with E-state index in [0.717, 1.165) is 0 Å². The third-order valence-electron chi connectivity index (χ3n) is 3.02. The van der Waals surface area contributed by atoms with Crippen LogP contribution in [-0.4, -0.2) is 54.6 Å². The molecule has 0 bridgehead atoms. The molecule has 5 nitrogen and oxygen atoms in total. The van der Waals surface area contributed by atoms with Crippen molar-refractivity contribution < 1.29 is 27.4 Å². The molecule has 0 aliphatic carbocycles. The quantitative estimate of drug-likeness (QED) is 0.485. The number of benzene rings is 1. The van der Waals surface area contributed by atoms with Crippen LogP contribution in [0.3, 0.4) is 0 Å². The van der Waals surface area contributed by atoms with Crippen molar-refractivity contribution >= 4 is 5.71 Å². The SMILES string of the molecule is [N-]=[N+]=C(CN1CCOCC1)c1ccc(OC(F)(F)F)cc1. The maximum absolute atomic E-state index is 12.1. The zero-order valence-corrected chi connectivity index (χ0v) is 11.1. The molecule has 0 spiro atoms. The van der Waals surface area contributed by atoms with Gasteiger partial charge in [-0.15, -0.1) is 13.2 Å². The van der Waals surface area contributed by atoms with Crippen LogP contribution in [0.5, 0.6) is 5.75 Å². The Labute approximate surface area is 119 Å². The highest BCUT2D eigenvalue weighted by molar-refractivity contribution is 5.97. The molecule has 8 heteroatoms. The van der Waals surface area contributed by atoms with Gasteiger partial charge in [0.1, 0.15) is 12.3 Å². The van der Waals surface area contributed by atoms with E-state index in [0.29, 0.717) is 44.1 Å². The zero-order chi connectivity index (χ0) is 15.3. The highest BCUT2D eigenvalue weighted by atomic mass is 19.4. The van der Waals surface area contributed by atoms with Gasteiger partial charge in [0.2, 0.25) is 0 Å². The lowest BCUT2D eigenvalue weighted by Gasteiger charge is -2.24. The molecule has 1 saturated heterocycles. The van der Waals surface area contributed by atoms with Crippen LogP contribution in [0.2, 0.25) is 0 Å². The van der Waals surface area contributed by atoms with Crippen molar-refractivity contribution in [3.05, 3.63) is 35.4 Å². The average Bonchev–Trinajstić information content (AvgIpc) is 2.45. The van der Waals surface area contributed by atoms with Gasteiger partial charge < -0.3 is 15.0 Å². The van der Waals surface area contributed by atoms with Crippen LogP contribution < -0.4 is 4.74 Å². The normalized spacial score (nSPS) is 16.3. The Hall–Kier alpha value is -1.89. The number of hydrogen-bond acceptors (Lipinski definition) is 3. The fourth-order valence-electron chi connectivity index (χ4n) is 2.00. The second-order valence-corrected chi connectivity index (χ2v) is 4.51. The molecule has 0 unspecified atom stereocenters. The first-order valence-electron chi connectivity index (χ1n) is 6.35. The maximum atomic E-state index is 12.1. The molecular formula is C13H14F3N3O2. The van der Waals surface area contributed by atoms with E-state index in [1.807, 2.05) is 4.90 Å². The summed E-state index contributed by atoms with van der Waals surface area (Å²) in [6, 6.07) is 5.23. The standard InChI is InChI=1S/C13H14F3N3O2/c14-13(15,16)21-11-3-1-10(2-4-11)12(18-17)9-19-5-7-20-8-6-19/h1-4H,5-9H2. The lowest BCUT2D eigenvalue weighted by Crippen LogP contribution is -2.40. The number of hydrogen-bond donors (Lipinski definition) is 0. The first-order valence-corrected chi connectivity index (χ1v) is 6.35. The molecule has 1 aliphatic rings. The monoisotopic (exact) mass is 301 g/mol.